The number of ketones is 2. The number of benzene rings is 2. The lowest BCUT2D eigenvalue weighted by Gasteiger charge is -2.08. The van der Waals surface area contributed by atoms with E-state index in [0.29, 0.717) is 11.1 Å². The third-order valence-electron chi connectivity index (χ3n) is 3.91. The Morgan fingerprint density at radius 1 is 0.667 bits per heavy atom. The van der Waals surface area contributed by atoms with Gasteiger partial charge in [-0.2, -0.15) is 0 Å². The zero-order valence-corrected chi connectivity index (χ0v) is 9.69. The van der Waals surface area contributed by atoms with Gasteiger partial charge in [0.1, 0.15) is 0 Å². The van der Waals surface area contributed by atoms with Gasteiger partial charge < -0.3 is 0 Å². The molecule has 86 valence electrons. The molecule has 2 nitrogen and oxygen atoms in total. The Bertz CT molecular complexity index is 706. The number of aryl methyl sites for hydroxylation is 2. The number of allylic oxidation sites excluding steroid dienone is 2. The van der Waals surface area contributed by atoms with E-state index < -0.39 is 0 Å². The highest BCUT2D eigenvalue weighted by molar-refractivity contribution is 6.26. The van der Waals surface area contributed by atoms with Crippen molar-refractivity contribution in [3.05, 3.63) is 58.7 Å². The Morgan fingerprint density at radius 2 is 1.17 bits per heavy atom. The molecular weight excluding hydrogens is 224 g/mol. The van der Waals surface area contributed by atoms with Gasteiger partial charge in [-0.15, -0.1) is 0 Å². The number of carbonyl (C=O) groups excluding carboxylic acids is 2. The smallest absolute Gasteiger partial charge is 0.186 e. The summed E-state index contributed by atoms with van der Waals surface area (Å²) in [5.41, 5.74) is 3.84. The van der Waals surface area contributed by atoms with Crippen LogP contribution in [0.5, 0.6) is 0 Å². The Balaban J connectivity index is 2.29. The molecule has 0 saturated carbocycles. The molecule has 4 rings (SSSR count). The average molecular weight is 234 g/mol. The van der Waals surface area contributed by atoms with Crippen LogP contribution in [0.25, 0.3) is 10.8 Å². The molecule has 0 heterocycles. The first-order chi connectivity index (χ1) is 8.75. The molecule has 0 amide bonds. The van der Waals surface area contributed by atoms with Gasteiger partial charge in [-0.3, -0.25) is 9.59 Å². The van der Waals surface area contributed by atoms with Crippen molar-refractivity contribution in [2.24, 2.45) is 0 Å². The predicted octanol–water partition coefficient (Wildman–Crippen LogP) is 2.87. The van der Waals surface area contributed by atoms with Crippen molar-refractivity contribution < 1.29 is 9.59 Å². The van der Waals surface area contributed by atoms with Crippen LogP contribution in [0.1, 0.15) is 31.8 Å². The van der Waals surface area contributed by atoms with Crippen molar-refractivity contribution in [2.45, 2.75) is 12.8 Å². The molecule has 0 radical (unpaired) electrons. The lowest BCUT2D eigenvalue weighted by Crippen LogP contribution is -1.98. The normalized spacial score (nSPS) is 16.4. The van der Waals surface area contributed by atoms with Crippen LogP contribution in [-0.2, 0) is 12.8 Å². The van der Waals surface area contributed by atoms with Gasteiger partial charge in [-0.1, -0.05) is 24.3 Å². The topological polar surface area (TPSA) is 34.1 Å². The standard InChI is InChI=1S/C16H10O2/c17-13-7-8-14(18)12-6-4-10-2-1-9-3-5-11(13)16(12)15(9)10/h3-8H,1-2H2. The van der Waals surface area contributed by atoms with Crippen molar-refractivity contribution >= 4 is 22.3 Å². The van der Waals surface area contributed by atoms with E-state index >= 15 is 0 Å². The van der Waals surface area contributed by atoms with E-state index in [9.17, 15) is 9.59 Å². The summed E-state index contributed by atoms with van der Waals surface area (Å²) >= 11 is 0. The summed E-state index contributed by atoms with van der Waals surface area (Å²) in [4.78, 5) is 24.1. The molecule has 2 aromatic rings. The lowest BCUT2D eigenvalue weighted by molar-refractivity contribution is 0.102. The molecule has 0 saturated heterocycles. The highest BCUT2D eigenvalue weighted by atomic mass is 16.1. The molecule has 0 bridgehead atoms. The molecule has 2 heteroatoms. The molecular formula is C16H10O2. The number of hydrogen-bond acceptors (Lipinski definition) is 2. The second kappa shape index (κ2) is 3.16. The molecule has 0 aliphatic heterocycles. The minimum atomic E-state index is -0.0716. The van der Waals surface area contributed by atoms with E-state index in [-0.39, 0.29) is 11.6 Å². The maximum Gasteiger partial charge on any atom is 0.186 e. The zero-order chi connectivity index (χ0) is 12.3. The van der Waals surface area contributed by atoms with E-state index in [4.69, 9.17) is 0 Å². The fourth-order valence-electron chi connectivity index (χ4n) is 3.07. The van der Waals surface area contributed by atoms with E-state index in [2.05, 4.69) is 0 Å². The molecule has 2 aliphatic carbocycles. The highest BCUT2D eigenvalue weighted by Crippen LogP contribution is 2.36. The molecule has 18 heavy (non-hydrogen) atoms. The Kier molecular flexibility index (Phi) is 1.72. The van der Waals surface area contributed by atoms with Crippen LogP contribution in [0.3, 0.4) is 0 Å². The molecule has 0 unspecified atom stereocenters. The third kappa shape index (κ3) is 1.07. The summed E-state index contributed by atoms with van der Waals surface area (Å²) < 4.78 is 0. The molecule has 2 aromatic carbocycles. The number of carbonyl (C=O) groups is 2. The molecule has 0 aromatic heterocycles. The van der Waals surface area contributed by atoms with Gasteiger partial charge >= 0.3 is 0 Å². The first kappa shape index (κ1) is 9.77. The highest BCUT2D eigenvalue weighted by Gasteiger charge is 2.24. The molecule has 0 N–H and O–H groups in total. The van der Waals surface area contributed by atoms with Crippen molar-refractivity contribution in [1.82, 2.24) is 0 Å². The summed E-state index contributed by atoms with van der Waals surface area (Å²) in [5.74, 6) is -0.143. The van der Waals surface area contributed by atoms with Gasteiger partial charge in [0.25, 0.3) is 0 Å². The maximum atomic E-state index is 12.0. The minimum Gasteiger partial charge on any atom is -0.289 e. The second-order valence-corrected chi connectivity index (χ2v) is 4.86. The summed E-state index contributed by atoms with van der Waals surface area (Å²) in [7, 11) is 0. The van der Waals surface area contributed by atoms with Gasteiger partial charge in [-0.25, -0.2) is 0 Å². The monoisotopic (exact) mass is 234 g/mol. The molecule has 0 spiro atoms. The van der Waals surface area contributed by atoms with Crippen molar-refractivity contribution in [2.75, 3.05) is 0 Å². The fourth-order valence-corrected chi connectivity index (χ4v) is 3.07. The van der Waals surface area contributed by atoms with Crippen molar-refractivity contribution in [3.8, 4) is 0 Å². The number of rotatable bonds is 0. The fraction of sp³-hybridized carbons (Fsp3) is 0.125. The summed E-state index contributed by atoms with van der Waals surface area (Å²) in [6.45, 7) is 0. The Morgan fingerprint density at radius 3 is 1.67 bits per heavy atom. The predicted molar refractivity (Wildman–Crippen MR) is 69.2 cm³/mol. The first-order valence-corrected chi connectivity index (χ1v) is 6.10. The third-order valence-corrected chi connectivity index (χ3v) is 3.91. The zero-order valence-electron chi connectivity index (χ0n) is 9.69. The summed E-state index contributed by atoms with van der Waals surface area (Å²) in [6.07, 6.45) is 4.78. The maximum absolute atomic E-state index is 12.0. The quantitative estimate of drug-likeness (QED) is 0.702. The summed E-state index contributed by atoms with van der Waals surface area (Å²) in [5, 5.41) is 2.00. The molecule has 2 aliphatic rings. The Labute approximate surface area is 104 Å². The van der Waals surface area contributed by atoms with Crippen LogP contribution in [-0.4, -0.2) is 11.6 Å². The van der Waals surface area contributed by atoms with E-state index in [1.807, 2.05) is 24.3 Å². The lowest BCUT2D eigenvalue weighted by atomic mass is 9.94. The average Bonchev–Trinajstić information content (AvgIpc) is 2.76. The van der Waals surface area contributed by atoms with Crippen molar-refractivity contribution in [1.29, 1.82) is 0 Å². The van der Waals surface area contributed by atoms with Crippen LogP contribution in [0.15, 0.2) is 36.4 Å². The van der Waals surface area contributed by atoms with Crippen LogP contribution in [0.4, 0.5) is 0 Å². The number of hydrogen-bond donors (Lipinski definition) is 0. The second-order valence-electron chi connectivity index (χ2n) is 4.86. The van der Waals surface area contributed by atoms with Crippen LogP contribution < -0.4 is 0 Å². The van der Waals surface area contributed by atoms with Crippen molar-refractivity contribution in [3.63, 3.8) is 0 Å². The Hall–Kier alpha value is -2.22. The van der Waals surface area contributed by atoms with Gasteiger partial charge in [0.15, 0.2) is 11.6 Å². The van der Waals surface area contributed by atoms with Crippen LogP contribution in [0, 0.1) is 0 Å². The van der Waals surface area contributed by atoms with Gasteiger partial charge in [0.05, 0.1) is 0 Å². The van der Waals surface area contributed by atoms with Gasteiger partial charge in [0, 0.05) is 16.5 Å². The van der Waals surface area contributed by atoms with E-state index in [1.165, 1.54) is 23.3 Å². The SMILES string of the molecule is O=C1C=CC(=O)c2ccc3c4c(ccc1c24)CC3. The van der Waals surface area contributed by atoms with Gasteiger partial charge in [-0.05, 0) is 41.5 Å². The van der Waals surface area contributed by atoms with E-state index in [1.54, 1.807) is 0 Å². The van der Waals surface area contributed by atoms with Crippen LogP contribution in [0.2, 0.25) is 0 Å². The summed E-state index contributed by atoms with van der Waals surface area (Å²) in [6, 6.07) is 7.78. The minimum absolute atomic E-state index is 0.0716. The van der Waals surface area contributed by atoms with Gasteiger partial charge in [0.2, 0.25) is 0 Å². The largest absolute Gasteiger partial charge is 0.289 e. The molecule has 0 atom stereocenters. The van der Waals surface area contributed by atoms with E-state index in [0.717, 1.165) is 23.6 Å². The first-order valence-electron chi connectivity index (χ1n) is 6.10. The van der Waals surface area contributed by atoms with Crippen LogP contribution >= 0.6 is 0 Å². The molecule has 0 fully saturated rings.